The van der Waals surface area contributed by atoms with E-state index in [0.29, 0.717) is 11.8 Å². The first kappa shape index (κ1) is 26.3. The number of hydrogen-bond acceptors (Lipinski definition) is 0. The fourth-order valence-corrected chi connectivity index (χ4v) is 8.03. The maximum Gasteiger partial charge on any atom is 0.0220 e. The molecule has 0 bridgehead atoms. The zero-order valence-corrected chi connectivity index (χ0v) is 25.7. The van der Waals surface area contributed by atoms with Crippen molar-refractivity contribution in [2.45, 2.75) is 72.1 Å². The van der Waals surface area contributed by atoms with Gasteiger partial charge in [-0.15, -0.1) is 0 Å². The second kappa shape index (κ2) is 9.18. The smallest absolute Gasteiger partial charge is 0.0220 e. The molecule has 0 radical (unpaired) electrons. The third kappa shape index (κ3) is 4.02. The molecule has 0 spiro atoms. The zero-order valence-electron chi connectivity index (χ0n) is 25.7. The Kier molecular flexibility index (Phi) is 5.88. The Morgan fingerprint density at radius 3 is 1.73 bits per heavy atom. The van der Waals surface area contributed by atoms with E-state index in [1.165, 1.54) is 78.5 Å². The van der Waals surface area contributed by atoms with E-state index in [4.69, 9.17) is 0 Å². The summed E-state index contributed by atoms with van der Waals surface area (Å²) in [5.41, 5.74) is 10.2. The second-order valence-corrected chi connectivity index (χ2v) is 14.5. The standard InChI is InChI=1S/C41H42/c1-25(2)23-41(24-26(3)4)36-21-30(15-18-33(36)34-20-16-31(22-37(34)41)40(5,6)7)32-17-13-29-12-11-27-9-8-10-28-14-19-35(32)39(29)38(27)28/h8-22,25-26H,23-24H2,1-7H3. The van der Waals surface area contributed by atoms with Crippen molar-refractivity contribution in [1.29, 1.82) is 0 Å². The summed E-state index contributed by atoms with van der Waals surface area (Å²) in [7, 11) is 0. The van der Waals surface area contributed by atoms with Crippen LogP contribution in [-0.2, 0) is 10.8 Å². The van der Waals surface area contributed by atoms with E-state index in [0.717, 1.165) is 0 Å². The van der Waals surface area contributed by atoms with E-state index in [9.17, 15) is 0 Å². The third-order valence-electron chi connectivity index (χ3n) is 9.58. The van der Waals surface area contributed by atoms with Gasteiger partial charge >= 0.3 is 0 Å². The quantitative estimate of drug-likeness (QED) is 0.193. The summed E-state index contributed by atoms with van der Waals surface area (Å²) < 4.78 is 0. The summed E-state index contributed by atoms with van der Waals surface area (Å²) >= 11 is 0. The zero-order chi connectivity index (χ0) is 28.7. The van der Waals surface area contributed by atoms with Crippen LogP contribution in [-0.4, -0.2) is 0 Å². The van der Waals surface area contributed by atoms with Crippen LogP contribution in [0.2, 0.25) is 0 Å². The molecule has 0 saturated heterocycles. The van der Waals surface area contributed by atoms with Crippen molar-refractivity contribution in [3.63, 3.8) is 0 Å². The average Bonchev–Trinajstić information content (AvgIpc) is 3.18. The average molecular weight is 535 g/mol. The Labute approximate surface area is 245 Å². The molecule has 0 aliphatic heterocycles. The van der Waals surface area contributed by atoms with E-state index >= 15 is 0 Å². The first-order chi connectivity index (χ1) is 19.6. The lowest BCUT2D eigenvalue weighted by Crippen LogP contribution is -2.30. The summed E-state index contributed by atoms with van der Waals surface area (Å²) in [5, 5.41) is 8.11. The highest BCUT2D eigenvalue weighted by Crippen LogP contribution is 2.56. The lowest BCUT2D eigenvalue weighted by molar-refractivity contribution is 0.337. The lowest BCUT2D eigenvalue weighted by atomic mass is 9.67. The van der Waals surface area contributed by atoms with E-state index < -0.39 is 0 Å². The van der Waals surface area contributed by atoms with Crippen molar-refractivity contribution in [2.24, 2.45) is 11.8 Å². The fourth-order valence-electron chi connectivity index (χ4n) is 8.03. The number of hydrogen-bond donors (Lipinski definition) is 0. The topological polar surface area (TPSA) is 0 Å². The van der Waals surface area contributed by atoms with Crippen molar-refractivity contribution in [3.05, 3.63) is 108 Å². The molecule has 0 N–H and O–H groups in total. The van der Waals surface area contributed by atoms with Gasteiger partial charge in [-0.2, -0.15) is 0 Å². The van der Waals surface area contributed by atoms with Gasteiger partial charge in [-0.25, -0.2) is 0 Å². The molecule has 1 aliphatic carbocycles. The molecule has 0 heterocycles. The van der Waals surface area contributed by atoms with Crippen LogP contribution >= 0.6 is 0 Å². The molecule has 1 aliphatic rings. The molecule has 0 saturated carbocycles. The largest absolute Gasteiger partial charge is 0.0627 e. The van der Waals surface area contributed by atoms with Gasteiger partial charge in [0.05, 0.1) is 0 Å². The SMILES string of the molecule is CC(C)CC1(CC(C)C)c2cc(-c3ccc4ccc5cccc6ccc3c4c56)ccc2-c2ccc(C(C)(C)C)cc21. The van der Waals surface area contributed by atoms with E-state index in [2.05, 4.69) is 139 Å². The van der Waals surface area contributed by atoms with Crippen LogP contribution < -0.4 is 0 Å². The number of fused-ring (bicyclic) bond motifs is 3. The van der Waals surface area contributed by atoms with Gasteiger partial charge in [-0.1, -0.05) is 133 Å². The predicted molar refractivity (Wildman–Crippen MR) is 179 cm³/mol. The molecule has 0 heteroatoms. The van der Waals surface area contributed by atoms with Crippen LogP contribution in [0.1, 0.15) is 78.0 Å². The van der Waals surface area contributed by atoms with E-state index in [1.807, 2.05) is 0 Å². The Bertz CT molecular complexity index is 1900. The molecule has 0 aromatic heterocycles. The molecule has 41 heavy (non-hydrogen) atoms. The van der Waals surface area contributed by atoms with Crippen LogP contribution in [0, 0.1) is 11.8 Å². The molecule has 0 nitrogen and oxygen atoms in total. The molecule has 206 valence electrons. The summed E-state index contributed by atoms with van der Waals surface area (Å²) in [6.07, 6.45) is 2.33. The van der Waals surface area contributed by atoms with Crippen LogP contribution in [0.25, 0.3) is 54.6 Å². The lowest BCUT2D eigenvalue weighted by Gasteiger charge is -2.36. The molecule has 0 fully saturated rings. The van der Waals surface area contributed by atoms with Gasteiger partial charge in [-0.3, -0.25) is 0 Å². The van der Waals surface area contributed by atoms with Crippen LogP contribution in [0.3, 0.4) is 0 Å². The van der Waals surface area contributed by atoms with Crippen molar-refractivity contribution < 1.29 is 0 Å². The molecule has 7 rings (SSSR count). The van der Waals surface area contributed by atoms with Gasteiger partial charge in [-0.05, 0) is 107 Å². The Balaban J connectivity index is 1.49. The molecule has 0 amide bonds. The van der Waals surface area contributed by atoms with Gasteiger partial charge in [0.2, 0.25) is 0 Å². The van der Waals surface area contributed by atoms with E-state index in [-0.39, 0.29) is 10.8 Å². The van der Waals surface area contributed by atoms with Gasteiger partial charge in [0, 0.05) is 5.41 Å². The molecular weight excluding hydrogens is 492 g/mol. The van der Waals surface area contributed by atoms with Gasteiger partial charge in [0.15, 0.2) is 0 Å². The number of rotatable bonds is 5. The molecular formula is C41H42. The third-order valence-corrected chi connectivity index (χ3v) is 9.58. The predicted octanol–water partition coefficient (Wildman–Crippen LogP) is 11.9. The van der Waals surface area contributed by atoms with Crippen LogP contribution in [0.5, 0.6) is 0 Å². The van der Waals surface area contributed by atoms with Crippen molar-refractivity contribution >= 4 is 32.3 Å². The molecule has 6 aromatic carbocycles. The minimum absolute atomic E-state index is 0.0219. The second-order valence-electron chi connectivity index (χ2n) is 14.5. The monoisotopic (exact) mass is 534 g/mol. The summed E-state index contributed by atoms with van der Waals surface area (Å²) in [4.78, 5) is 0. The normalized spacial score (nSPS) is 14.6. The molecule has 0 unspecified atom stereocenters. The van der Waals surface area contributed by atoms with Gasteiger partial charge in [0.1, 0.15) is 0 Å². The Hall–Kier alpha value is -3.64. The maximum absolute atomic E-state index is 2.57. The van der Waals surface area contributed by atoms with Crippen molar-refractivity contribution in [2.75, 3.05) is 0 Å². The minimum Gasteiger partial charge on any atom is -0.0627 e. The first-order valence-electron chi connectivity index (χ1n) is 15.5. The highest BCUT2D eigenvalue weighted by molar-refractivity contribution is 6.25. The first-order valence-corrected chi connectivity index (χ1v) is 15.5. The summed E-state index contributed by atoms with van der Waals surface area (Å²) in [6.45, 7) is 16.6. The highest BCUT2D eigenvalue weighted by atomic mass is 14.5. The maximum atomic E-state index is 2.57. The van der Waals surface area contributed by atoms with Crippen LogP contribution in [0.15, 0.2) is 91.0 Å². The summed E-state index contributed by atoms with van der Waals surface area (Å²) in [6, 6.07) is 35.3. The highest BCUT2D eigenvalue weighted by Gasteiger charge is 2.44. The Morgan fingerprint density at radius 2 is 1.10 bits per heavy atom. The fraction of sp³-hybridized carbons (Fsp3) is 0.317. The van der Waals surface area contributed by atoms with Gasteiger partial charge in [0.25, 0.3) is 0 Å². The van der Waals surface area contributed by atoms with Crippen LogP contribution in [0.4, 0.5) is 0 Å². The summed E-state index contributed by atoms with van der Waals surface area (Å²) in [5.74, 6) is 1.20. The van der Waals surface area contributed by atoms with Crippen molar-refractivity contribution in [3.8, 4) is 22.3 Å². The van der Waals surface area contributed by atoms with Gasteiger partial charge < -0.3 is 0 Å². The molecule has 0 atom stereocenters. The Morgan fingerprint density at radius 1 is 0.561 bits per heavy atom. The van der Waals surface area contributed by atoms with E-state index in [1.54, 1.807) is 5.56 Å². The molecule has 6 aromatic rings. The van der Waals surface area contributed by atoms with Crippen molar-refractivity contribution in [1.82, 2.24) is 0 Å². The minimum atomic E-state index is 0.0219. The number of benzene rings is 6.